The number of nitrogens with one attached hydrogen (secondary N) is 1. The lowest BCUT2D eigenvalue weighted by Gasteiger charge is -2.10. The van der Waals surface area contributed by atoms with Gasteiger partial charge in [-0.05, 0) is 31.0 Å². The van der Waals surface area contributed by atoms with Gasteiger partial charge in [0.2, 0.25) is 0 Å². The predicted molar refractivity (Wildman–Crippen MR) is 67.6 cm³/mol. The summed E-state index contributed by atoms with van der Waals surface area (Å²) in [6.45, 7) is 5.50. The Kier molecular flexibility index (Phi) is 3.29. The molecule has 1 aromatic carbocycles. The molecule has 0 spiro atoms. The fourth-order valence-electron chi connectivity index (χ4n) is 2.18. The van der Waals surface area contributed by atoms with E-state index in [-0.39, 0.29) is 18.3 Å². The summed E-state index contributed by atoms with van der Waals surface area (Å²) < 4.78 is 13.4. The van der Waals surface area contributed by atoms with Crippen molar-refractivity contribution in [3.8, 4) is 0 Å². The fraction of sp³-hybridized carbons (Fsp3) is 0.286. The number of aromatic amines is 1. The van der Waals surface area contributed by atoms with E-state index < -0.39 is 0 Å². The molecule has 0 bridgehead atoms. The van der Waals surface area contributed by atoms with Gasteiger partial charge in [0.15, 0.2) is 0 Å². The maximum absolute atomic E-state index is 13.4. The summed E-state index contributed by atoms with van der Waals surface area (Å²) >= 11 is 0. The molecule has 1 atom stereocenters. The molecule has 0 fully saturated rings. The van der Waals surface area contributed by atoms with Crippen LogP contribution in [-0.2, 0) is 0 Å². The molecule has 3 heteroatoms. The van der Waals surface area contributed by atoms with Crippen LogP contribution >= 0.6 is 0 Å². The Morgan fingerprint density at radius 2 is 2.29 bits per heavy atom. The standard InChI is InChI=1S/C14H16FNO/c1-3-4-10(8-17)12-7-16-14-9(2)13(15)6-5-11(12)14/h3,5-7,10,16-17H,1,4,8H2,2H3. The molecule has 1 unspecified atom stereocenters. The van der Waals surface area contributed by atoms with Gasteiger partial charge < -0.3 is 10.1 Å². The third-order valence-electron chi connectivity index (χ3n) is 3.19. The number of aromatic nitrogens is 1. The monoisotopic (exact) mass is 233 g/mol. The topological polar surface area (TPSA) is 36.0 Å². The zero-order valence-corrected chi connectivity index (χ0v) is 9.83. The van der Waals surface area contributed by atoms with Gasteiger partial charge in [0.05, 0.1) is 12.1 Å². The van der Waals surface area contributed by atoms with Crippen molar-refractivity contribution in [3.63, 3.8) is 0 Å². The highest BCUT2D eigenvalue weighted by Crippen LogP contribution is 2.30. The smallest absolute Gasteiger partial charge is 0.128 e. The van der Waals surface area contributed by atoms with Crippen molar-refractivity contribution >= 4 is 10.9 Å². The number of rotatable bonds is 4. The first-order valence-corrected chi connectivity index (χ1v) is 5.66. The van der Waals surface area contributed by atoms with Crippen LogP contribution in [0.4, 0.5) is 4.39 Å². The van der Waals surface area contributed by atoms with Crippen LogP contribution < -0.4 is 0 Å². The SMILES string of the molecule is C=CCC(CO)c1c[nH]c2c(C)c(F)ccc12. The van der Waals surface area contributed by atoms with Gasteiger partial charge in [-0.25, -0.2) is 4.39 Å². The van der Waals surface area contributed by atoms with Crippen molar-refractivity contribution in [2.24, 2.45) is 0 Å². The first-order chi connectivity index (χ1) is 8.19. The Hall–Kier alpha value is -1.61. The maximum Gasteiger partial charge on any atom is 0.128 e. The van der Waals surface area contributed by atoms with E-state index in [0.29, 0.717) is 12.0 Å². The van der Waals surface area contributed by atoms with E-state index >= 15 is 0 Å². The van der Waals surface area contributed by atoms with E-state index in [1.54, 1.807) is 19.1 Å². The predicted octanol–water partition coefficient (Wildman–Crippen LogP) is 3.27. The average Bonchev–Trinajstić information content (AvgIpc) is 2.75. The second-order valence-electron chi connectivity index (χ2n) is 4.24. The van der Waals surface area contributed by atoms with E-state index in [1.165, 1.54) is 6.07 Å². The van der Waals surface area contributed by atoms with Crippen molar-refractivity contribution in [3.05, 3.63) is 47.9 Å². The minimum absolute atomic E-state index is 0.0195. The van der Waals surface area contributed by atoms with Gasteiger partial charge in [0.25, 0.3) is 0 Å². The Morgan fingerprint density at radius 1 is 1.53 bits per heavy atom. The average molecular weight is 233 g/mol. The van der Waals surface area contributed by atoms with Gasteiger partial charge in [0, 0.05) is 23.1 Å². The van der Waals surface area contributed by atoms with Crippen molar-refractivity contribution in [1.29, 1.82) is 0 Å². The number of hydrogen-bond acceptors (Lipinski definition) is 1. The van der Waals surface area contributed by atoms with Crippen LogP contribution in [0, 0.1) is 12.7 Å². The normalized spacial score (nSPS) is 12.9. The number of aryl methyl sites for hydroxylation is 1. The molecule has 2 rings (SSSR count). The molecule has 1 heterocycles. The van der Waals surface area contributed by atoms with Gasteiger partial charge in [-0.2, -0.15) is 0 Å². The second kappa shape index (κ2) is 4.72. The van der Waals surface area contributed by atoms with Crippen LogP contribution in [0.15, 0.2) is 31.0 Å². The summed E-state index contributed by atoms with van der Waals surface area (Å²) in [7, 11) is 0. The first-order valence-electron chi connectivity index (χ1n) is 5.66. The van der Waals surface area contributed by atoms with E-state index in [2.05, 4.69) is 11.6 Å². The molecule has 17 heavy (non-hydrogen) atoms. The van der Waals surface area contributed by atoms with E-state index in [0.717, 1.165) is 16.5 Å². The van der Waals surface area contributed by atoms with Gasteiger partial charge in [0.1, 0.15) is 5.82 Å². The third kappa shape index (κ3) is 1.98. The Bertz CT molecular complexity index is 544. The molecule has 0 aliphatic heterocycles. The first kappa shape index (κ1) is 11.9. The molecular formula is C14H16FNO. The minimum Gasteiger partial charge on any atom is -0.396 e. The molecule has 0 aliphatic rings. The van der Waals surface area contributed by atoms with Crippen molar-refractivity contribution in [1.82, 2.24) is 4.98 Å². The number of benzene rings is 1. The van der Waals surface area contributed by atoms with Crippen LogP contribution in [-0.4, -0.2) is 16.7 Å². The highest BCUT2D eigenvalue weighted by Gasteiger charge is 2.15. The Balaban J connectivity index is 2.56. The number of H-pyrrole nitrogens is 1. The number of aliphatic hydroxyl groups excluding tert-OH is 1. The Morgan fingerprint density at radius 3 is 2.94 bits per heavy atom. The maximum atomic E-state index is 13.4. The molecule has 1 aromatic heterocycles. The molecule has 2 aromatic rings. The molecule has 0 amide bonds. The lowest BCUT2D eigenvalue weighted by Crippen LogP contribution is -2.02. The third-order valence-corrected chi connectivity index (χ3v) is 3.19. The number of aliphatic hydroxyl groups is 1. The van der Waals surface area contributed by atoms with Crippen molar-refractivity contribution in [2.45, 2.75) is 19.3 Å². The summed E-state index contributed by atoms with van der Waals surface area (Å²) in [5.41, 5.74) is 2.44. The number of allylic oxidation sites excluding steroid dienone is 1. The number of halogens is 1. The van der Waals surface area contributed by atoms with Crippen LogP contribution in [0.2, 0.25) is 0 Å². The highest BCUT2D eigenvalue weighted by molar-refractivity contribution is 5.86. The van der Waals surface area contributed by atoms with Gasteiger partial charge in [-0.1, -0.05) is 6.08 Å². The fourth-order valence-corrected chi connectivity index (χ4v) is 2.18. The lowest BCUT2D eigenvalue weighted by atomic mass is 9.95. The summed E-state index contributed by atoms with van der Waals surface area (Å²) in [6.07, 6.45) is 4.34. The van der Waals surface area contributed by atoms with E-state index in [1.807, 2.05) is 6.20 Å². The molecule has 2 nitrogen and oxygen atoms in total. The summed E-state index contributed by atoms with van der Waals surface area (Å²) in [4.78, 5) is 3.09. The highest BCUT2D eigenvalue weighted by atomic mass is 19.1. The number of fused-ring (bicyclic) bond motifs is 1. The molecule has 0 aliphatic carbocycles. The molecular weight excluding hydrogens is 217 g/mol. The summed E-state index contributed by atoms with van der Waals surface area (Å²) in [6, 6.07) is 3.23. The molecule has 90 valence electrons. The quantitative estimate of drug-likeness (QED) is 0.781. The summed E-state index contributed by atoms with van der Waals surface area (Å²) in [5.74, 6) is -0.193. The van der Waals surface area contributed by atoms with Crippen molar-refractivity contribution < 1.29 is 9.50 Å². The van der Waals surface area contributed by atoms with Crippen LogP contribution in [0.3, 0.4) is 0 Å². The van der Waals surface area contributed by atoms with Crippen LogP contribution in [0.5, 0.6) is 0 Å². The zero-order valence-electron chi connectivity index (χ0n) is 9.83. The van der Waals surface area contributed by atoms with E-state index in [4.69, 9.17) is 0 Å². The Labute approximate surface area is 99.8 Å². The van der Waals surface area contributed by atoms with Gasteiger partial charge in [-0.15, -0.1) is 6.58 Å². The summed E-state index contributed by atoms with van der Waals surface area (Å²) in [5, 5.41) is 10.4. The molecule has 0 radical (unpaired) electrons. The minimum atomic E-state index is -0.213. The van der Waals surface area contributed by atoms with Crippen LogP contribution in [0.25, 0.3) is 10.9 Å². The largest absolute Gasteiger partial charge is 0.396 e. The molecule has 0 saturated carbocycles. The van der Waals surface area contributed by atoms with Crippen LogP contribution in [0.1, 0.15) is 23.5 Å². The second-order valence-corrected chi connectivity index (χ2v) is 4.24. The number of hydrogen-bond donors (Lipinski definition) is 2. The molecule has 2 N–H and O–H groups in total. The van der Waals surface area contributed by atoms with Crippen molar-refractivity contribution in [2.75, 3.05) is 6.61 Å². The van der Waals surface area contributed by atoms with E-state index in [9.17, 15) is 9.50 Å². The lowest BCUT2D eigenvalue weighted by molar-refractivity contribution is 0.266. The molecule has 0 saturated heterocycles. The zero-order chi connectivity index (χ0) is 12.4. The van der Waals surface area contributed by atoms with Gasteiger partial charge in [-0.3, -0.25) is 0 Å². The van der Waals surface area contributed by atoms with Gasteiger partial charge >= 0.3 is 0 Å².